The zero-order valence-electron chi connectivity index (χ0n) is 21.5. The molecule has 1 aromatic heterocycles. The molecule has 0 bridgehead atoms. The summed E-state index contributed by atoms with van der Waals surface area (Å²) in [5.41, 5.74) is 11.7. The minimum absolute atomic E-state index is 0.158. The molecule has 2 saturated heterocycles. The van der Waals surface area contributed by atoms with E-state index in [0.717, 1.165) is 44.0 Å². The molecule has 2 aromatic carbocycles. The molecule has 202 valence electrons. The van der Waals surface area contributed by atoms with Crippen LogP contribution in [0, 0.1) is 0 Å². The molecule has 10 nitrogen and oxygen atoms in total. The van der Waals surface area contributed by atoms with Crippen LogP contribution < -0.4 is 16.0 Å². The first-order chi connectivity index (χ1) is 18.9. The second-order valence-corrected chi connectivity index (χ2v) is 10.8. The van der Waals surface area contributed by atoms with Gasteiger partial charge in [0, 0.05) is 51.3 Å². The average Bonchev–Trinajstić information content (AvgIpc) is 3.25. The van der Waals surface area contributed by atoms with Crippen molar-refractivity contribution in [2.75, 3.05) is 36.8 Å². The minimum atomic E-state index is -0.337. The topological polar surface area (TPSA) is 128 Å². The van der Waals surface area contributed by atoms with E-state index >= 15 is 0 Å². The lowest BCUT2D eigenvalue weighted by Crippen LogP contribution is -2.51. The third-order valence-corrected chi connectivity index (χ3v) is 8.44. The van der Waals surface area contributed by atoms with E-state index in [-0.39, 0.29) is 29.0 Å². The zero-order chi connectivity index (χ0) is 27.1. The van der Waals surface area contributed by atoms with Gasteiger partial charge in [-0.2, -0.15) is 12.6 Å². The lowest BCUT2D eigenvalue weighted by molar-refractivity contribution is -0.137. The number of nitrogen functional groups attached to an aromatic ring is 1. The number of anilines is 2. The maximum Gasteiger partial charge on any atom is 0.243 e. The predicted octanol–water partition coefficient (Wildman–Crippen LogP) is 2.30. The van der Waals surface area contributed by atoms with E-state index in [1.54, 1.807) is 12.1 Å². The Morgan fingerprint density at radius 1 is 1.05 bits per heavy atom. The third kappa shape index (κ3) is 5.05. The van der Waals surface area contributed by atoms with Crippen molar-refractivity contribution in [1.82, 2.24) is 25.3 Å². The van der Waals surface area contributed by atoms with E-state index in [0.29, 0.717) is 36.5 Å². The summed E-state index contributed by atoms with van der Waals surface area (Å²) in [5.74, 6) is 0.103. The number of carbonyl (C=O) groups excluding carboxylic acids is 2. The quantitative estimate of drug-likeness (QED) is 0.282. The fraction of sp³-hybridized carbons (Fsp3) is 0.357. The minimum Gasteiger partial charge on any atom is -0.507 e. The van der Waals surface area contributed by atoms with Crippen molar-refractivity contribution in [3.8, 4) is 17.0 Å². The molecule has 2 amide bonds. The SMILES string of the molecule is Nc1nnc(-c2ccccc2O)cc1N1CCN(Cc2ccc3c(c2)C(S)N(C2CCC(=O)NC2=O)C3)CC1. The van der Waals surface area contributed by atoms with Crippen molar-refractivity contribution >= 4 is 35.9 Å². The van der Waals surface area contributed by atoms with Gasteiger partial charge in [0.25, 0.3) is 0 Å². The molecule has 6 rings (SSSR count). The number of para-hydroxylation sites is 1. The molecule has 2 unspecified atom stereocenters. The van der Waals surface area contributed by atoms with E-state index in [1.807, 2.05) is 18.2 Å². The summed E-state index contributed by atoms with van der Waals surface area (Å²) >= 11 is 4.86. The highest BCUT2D eigenvalue weighted by molar-refractivity contribution is 7.80. The Bertz CT molecular complexity index is 1430. The van der Waals surface area contributed by atoms with Gasteiger partial charge in [0.05, 0.1) is 22.8 Å². The summed E-state index contributed by atoms with van der Waals surface area (Å²) in [6.45, 7) is 4.76. The largest absolute Gasteiger partial charge is 0.507 e. The van der Waals surface area contributed by atoms with E-state index in [1.165, 1.54) is 11.1 Å². The van der Waals surface area contributed by atoms with Gasteiger partial charge in [-0.15, -0.1) is 10.2 Å². The number of nitrogens with zero attached hydrogens (tertiary/aromatic N) is 5. The Morgan fingerprint density at radius 2 is 1.85 bits per heavy atom. The number of rotatable bonds is 5. The number of aromatic hydroxyl groups is 1. The Labute approximate surface area is 232 Å². The van der Waals surface area contributed by atoms with E-state index in [9.17, 15) is 14.7 Å². The number of benzene rings is 2. The fourth-order valence-electron chi connectivity index (χ4n) is 5.74. The maximum absolute atomic E-state index is 12.4. The lowest BCUT2D eigenvalue weighted by atomic mass is 10.0. The molecule has 11 heteroatoms. The number of fused-ring (bicyclic) bond motifs is 1. The number of nitrogens with one attached hydrogen (secondary N) is 1. The zero-order valence-corrected chi connectivity index (χ0v) is 22.3. The molecule has 0 saturated carbocycles. The Balaban J connectivity index is 1.10. The van der Waals surface area contributed by atoms with Crippen molar-refractivity contribution in [1.29, 1.82) is 0 Å². The summed E-state index contributed by atoms with van der Waals surface area (Å²) in [4.78, 5) is 30.7. The predicted molar refractivity (Wildman–Crippen MR) is 151 cm³/mol. The number of phenolic OH excluding ortho intramolecular Hbond substituents is 1. The molecule has 4 N–H and O–H groups in total. The van der Waals surface area contributed by atoms with Crippen LogP contribution in [0.15, 0.2) is 48.5 Å². The van der Waals surface area contributed by atoms with Gasteiger partial charge in [0.15, 0.2) is 5.82 Å². The molecule has 39 heavy (non-hydrogen) atoms. The molecule has 3 aliphatic heterocycles. The number of carbonyl (C=O) groups is 2. The third-order valence-electron chi connectivity index (χ3n) is 7.87. The molecule has 0 spiro atoms. The van der Waals surface area contributed by atoms with Crippen molar-refractivity contribution in [3.05, 3.63) is 65.2 Å². The van der Waals surface area contributed by atoms with Gasteiger partial charge < -0.3 is 15.7 Å². The maximum atomic E-state index is 12.4. The van der Waals surface area contributed by atoms with Gasteiger partial charge in [0.2, 0.25) is 11.8 Å². The van der Waals surface area contributed by atoms with Crippen LogP contribution in [0.2, 0.25) is 0 Å². The van der Waals surface area contributed by atoms with Crippen LogP contribution in [-0.2, 0) is 22.7 Å². The standard InChI is InChI=1S/C28H31N7O3S/c29-26-23(14-21(31-32-26)19-3-1-2-4-24(19)36)34-11-9-33(10-12-34)15-17-5-6-18-16-35(28(39)20(18)13-17)22-7-8-25(37)30-27(22)38/h1-6,13-14,22,28,36,39H,7-12,15-16H2,(H2,29,32)(H,30,37,38). The molecular weight excluding hydrogens is 514 g/mol. The Morgan fingerprint density at radius 3 is 2.62 bits per heavy atom. The monoisotopic (exact) mass is 545 g/mol. The van der Waals surface area contributed by atoms with Crippen LogP contribution in [0.1, 0.15) is 34.9 Å². The number of imide groups is 1. The van der Waals surface area contributed by atoms with Gasteiger partial charge in [-0.05, 0) is 41.3 Å². The molecule has 0 radical (unpaired) electrons. The molecule has 3 aromatic rings. The van der Waals surface area contributed by atoms with Crippen molar-refractivity contribution in [2.45, 2.75) is 37.3 Å². The normalized spacial score (nSPS) is 22.1. The average molecular weight is 546 g/mol. The first kappa shape index (κ1) is 25.6. The number of hydrogen-bond acceptors (Lipinski definition) is 10. The number of hydrogen-bond donors (Lipinski definition) is 4. The van der Waals surface area contributed by atoms with Crippen molar-refractivity contribution < 1.29 is 14.7 Å². The van der Waals surface area contributed by atoms with Crippen LogP contribution >= 0.6 is 12.6 Å². The van der Waals surface area contributed by atoms with Crippen LogP contribution in [0.4, 0.5) is 11.5 Å². The summed E-state index contributed by atoms with van der Waals surface area (Å²) in [6.07, 6.45) is 0.886. The first-order valence-corrected chi connectivity index (χ1v) is 13.7. The second kappa shape index (κ2) is 10.5. The molecule has 0 aliphatic carbocycles. The summed E-state index contributed by atoms with van der Waals surface area (Å²) < 4.78 is 0. The summed E-state index contributed by atoms with van der Waals surface area (Å²) in [6, 6.07) is 15.1. The van der Waals surface area contributed by atoms with Crippen LogP contribution in [0.5, 0.6) is 5.75 Å². The Kier molecular flexibility index (Phi) is 6.88. The van der Waals surface area contributed by atoms with Gasteiger partial charge in [-0.25, -0.2) is 0 Å². The molecule has 3 aliphatic rings. The van der Waals surface area contributed by atoms with Gasteiger partial charge in [0.1, 0.15) is 5.75 Å². The van der Waals surface area contributed by atoms with Gasteiger partial charge in [-0.1, -0.05) is 30.3 Å². The van der Waals surface area contributed by atoms with E-state index in [4.69, 9.17) is 18.4 Å². The van der Waals surface area contributed by atoms with Crippen LogP contribution in [0.25, 0.3) is 11.3 Å². The highest BCUT2D eigenvalue weighted by atomic mass is 32.1. The number of nitrogens with two attached hydrogens (primary N) is 1. The Hall–Kier alpha value is -3.67. The number of amides is 2. The smallest absolute Gasteiger partial charge is 0.243 e. The molecule has 4 heterocycles. The van der Waals surface area contributed by atoms with Crippen LogP contribution in [-0.4, -0.2) is 69.1 Å². The highest BCUT2D eigenvalue weighted by Gasteiger charge is 2.39. The summed E-state index contributed by atoms with van der Waals surface area (Å²) in [5, 5.41) is 20.9. The number of piperazine rings is 1. The first-order valence-electron chi connectivity index (χ1n) is 13.2. The highest BCUT2D eigenvalue weighted by Crippen LogP contribution is 2.40. The van der Waals surface area contributed by atoms with Crippen LogP contribution in [0.3, 0.4) is 0 Å². The number of thiol groups is 1. The molecule has 2 atom stereocenters. The molecular formula is C28H31N7O3S. The van der Waals surface area contributed by atoms with Crippen molar-refractivity contribution in [3.63, 3.8) is 0 Å². The second-order valence-electron chi connectivity index (χ2n) is 10.3. The number of phenols is 1. The van der Waals surface area contributed by atoms with Gasteiger partial charge in [-0.3, -0.25) is 24.7 Å². The fourth-order valence-corrected chi connectivity index (χ4v) is 6.22. The number of piperidine rings is 1. The van der Waals surface area contributed by atoms with Gasteiger partial charge >= 0.3 is 0 Å². The molecule has 2 fully saturated rings. The number of aromatic nitrogens is 2. The van der Waals surface area contributed by atoms with Crippen molar-refractivity contribution in [2.24, 2.45) is 0 Å². The summed E-state index contributed by atoms with van der Waals surface area (Å²) in [7, 11) is 0. The van der Waals surface area contributed by atoms with E-state index in [2.05, 4.69) is 48.4 Å². The van der Waals surface area contributed by atoms with E-state index < -0.39 is 0 Å². The lowest BCUT2D eigenvalue weighted by Gasteiger charge is -2.36.